The van der Waals surface area contributed by atoms with Crippen molar-refractivity contribution in [3.63, 3.8) is 0 Å². The van der Waals surface area contributed by atoms with E-state index in [-0.39, 0.29) is 12.0 Å². The van der Waals surface area contributed by atoms with Crippen molar-refractivity contribution in [3.05, 3.63) is 29.7 Å². The molecule has 2 atom stereocenters. The van der Waals surface area contributed by atoms with E-state index in [9.17, 15) is 4.79 Å². The molecule has 1 saturated heterocycles. The molecule has 1 aromatic heterocycles. The quantitative estimate of drug-likeness (QED) is 0.826. The lowest BCUT2D eigenvalue weighted by molar-refractivity contribution is -0.135. The Kier molecular flexibility index (Phi) is 2.74. The minimum absolute atomic E-state index is 0.0713. The van der Waals surface area contributed by atoms with Crippen molar-refractivity contribution in [2.45, 2.75) is 25.4 Å². The van der Waals surface area contributed by atoms with Gasteiger partial charge in [0.1, 0.15) is 11.5 Å². The van der Waals surface area contributed by atoms with Crippen molar-refractivity contribution in [1.82, 2.24) is 4.90 Å². The lowest BCUT2D eigenvalue weighted by atomic mass is 10.1. The second-order valence-corrected chi connectivity index (χ2v) is 5.29. The Morgan fingerprint density at radius 2 is 2.22 bits per heavy atom. The lowest BCUT2D eigenvalue weighted by Crippen LogP contribution is -2.52. The van der Waals surface area contributed by atoms with Gasteiger partial charge in [0, 0.05) is 25.1 Å². The molecule has 2 heterocycles. The molecular weight excluding hydrogens is 230 g/mol. The molecule has 0 bridgehead atoms. The van der Waals surface area contributed by atoms with Crippen molar-refractivity contribution in [3.8, 4) is 0 Å². The molecule has 0 aromatic carbocycles. The number of rotatable bonds is 3. The summed E-state index contributed by atoms with van der Waals surface area (Å²) >= 11 is 0. The van der Waals surface area contributed by atoms with Crippen LogP contribution < -0.4 is 0 Å². The van der Waals surface area contributed by atoms with E-state index >= 15 is 0 Å². The van der Waals surface area contributed by atoms with E-state index in [1.807, 2.05) is 12.1 Å². The normalized spacial score (nSPS) is 27.6. The average molecular weight is 247 g/mol. The van der Waals surface area contributed by atoms with Gasteiger partial charge < -0.3 is 14.4 Å². The topological polar surface area (TPSA) is 53.7 Å². The summed E-state index contributed by atoms with van der Waals surface area (Å²) in [6.45, 7) is 3.08. The van der Waals surface area contributed by atoms with Gasteiger partial charge in [-0.05, 0) is 30.5 Å². The van der Waals surface area contributed by atoms with Crippen LogP contribution in [-0.4, -0.2) is 35.1 Å². The zero-order valence-corrected chi connectivity index (χ0v) is 10.4. The maximum Gasteiger partial charge on any atom is 0.246 e. The van der Waals surface area contributed by atoms with Gasteiger partial charge in [-0.15, -0.1) is 0 Å². The first-order valence-corrected chi connectivity index (χ1v) is 6.38. The minimum Gasteiger partial charge on any atom is -0.461 e. The van der Waals surface area contributed by atoms with Crippen molar-refractivity contribution in [2.75, 3.05) is 13.1 Å². The van der Waals surface area contributed by atoms with E-state index in [1.54, 1.807) is 11.0 Å². The van der Waals surface area contributed by atoms with Crippen LogP contribution in [0.25, 0.3) is 6.08 Å². The Balaban J connectivity index is 1.58. The van der Waals surface area contributed by atoms with Crippen molar-refractivity contribution >= 4 is 12.0 Å². The first-order chi connectivity index (χ1) is 8.63. The fourth-order valence-electron chi connectivity index (χ4n) is 2.27. The Morgan fingerprint density at radius 1 is 1.50 bits per heavy atom. The molecule has 4 heteroatoms. The standard InChI is InChI=1S/C14H17NO3/c1-9-6-12(9)13-4-2-11(18-13)3-5-14(17)15-7-10(16)8-15/h2-5,9-10,12,16H,6-8H2,1H3. The SMILES string of the molecule is CC1CC1c1ccc(C=CC(=O)N2CC(O)C2)o1. The number of amides is 1. The molecule has 3 rings (SSSR count). The van der Waals surface area contributed by atoms with E-state index in [0.29, 0.717) is 19.0 Å². The Morgan fingerprint density at radius 3 is 2.83 bits per heavy atom. The average Bonchev–Trinajstić information content (AvgIpc) is 2.86. The van der Waals surface area contributed by atoms with Crippen LogP contribution in [-0.2, 0) is 4.79 Å². The van der Waals surface area contributed by atoms with Crippen LogP contribution in [0, 0.1) is 5.92 Å². The number of carbonyl (C=O) groups excluding carboxylic acids is 1. The summed E-state index contributed by atoms with van der Waals surface area (Å²) in [5.74, 6) is 2.95. The summed E-state index contributed by atoms with van der Waals surface area (Å²) in [6, 6.07) is 3.89. The maximum atomic E-state index is 11.6. The van der Waals surface area contributed by atoms with E-state index < -0.39 is 0 Å². The first-order valence-electron chi connectivity index (χ1n) is 6.38. The number of hydrogen-bond acceptors (Lipinski definition) is 3. The van der Waals surface area contributed by atoms with Crippen LogP contribution in [0.15, 0.2) is 22.6 Å². The molecule has 1 N–H and O–H groups in total. The molecule has 4 nitrogen and oxygen atoms in total. The van der Waals surface area contributed by atoms with Crippen LogP contribution in [0.4, 0.5) is 0 Å². The Hall–Kier alpha value is -1.55. The molecule has 2 aliphatic rings. The molecule has 0 spiro atoms. The van der Waals surface area contributed by atoms with Crippen LogP contribution in [0.1, 0.15) is 30.8 Å². The summed E-state index contributed by atoms with van der Waals surface area (Å²) in [7, 11) is 0. The fourth-order valence-corrected chi connectivity index (χ4v) is 2.27. The van der Waals surface area contributed by atoms with Gasteiger partial charge in [-0.2, -0.15) is 0 Å². The molecule has 1 saturated carbocycles. The van der Waals surface area contributed by atoms with Crippen LogP contribution in [0.5, 0.6) is 0 Å². The van der Waals surface area contributed by atoms with Gasteiger partial charge in [-0.3, -0.25) is 4.79 Å². The minimum atomic E-state index is -0.353. The number of aliphatic hydroxyl groups excluding tert-OH is 1. The number of nitrogens with zero attached hydrogens (tertiary/aromatic N) is 1. The third kappa shape index (κ3) is 2.20. The Bertz CT molecular complexity index is 485. The number of aliphatic hydroxyl groups is 1. The molecule has 2 fully saturated rings. The largest absolute Gasteiger partial charge is 0.461 e. The molecular formula is C14H17NO3. The first kappa shape index (κ1) is 11.5. The van der Waals surface area contributed by atoms with Gasteiger partial charge in [0.25, 0.3) is 0 Å². The van der Waals surface area contributed by atoms with E-state index in [0.717, 1.165) is 17.4 Å². The Labute approximate surface area is 106 Å². The summed E-state index contributed by atoms with van der Waals surface area (Å²) in [4.78, 5) is 13.2. The van der Waals surface area contributed by atoms with Gasteiger partial charge in [-0.25, -0.2) is 0 Å². The van der Waals surface area contributed by atoms with Gasteiger partial charge in [0.2, 0.25) is 5.91 Å². The number of hydrogen-bond donors (Lipinski definition) is 1. The second-order valence-electron chi connectivity index (χ2n) is 5.29. The molecule has 1 aliphatic heterocycles. The number of likely N-dealkylation sites (tertiary alicyclic amines) is 1. The zero-order valence-electron chi connectivity index (χ0n) is 10.4. The maximum absolute atomic E-state index is 11.6. The van der Waals surface area contributed by atoms with E-state index in [4.69, 9.17) is 9.52 Å². The summed E-state index contributed by atoms with van der Waals surface area (Å²) < 4.78 is 5.67. The van der Waals surface area contributed by atoms with Crippen molar-refractivity contribution < 1.29 is 14.3 Å². The van der Waals surface area contributed by atoms with Crippen molar-refractivity contribution in [1.29, 1.82) is 0 Å². The molecule has 0 radical (unpaired) electrons. The van der Waals surface area contributed by atoms with Crippen LogP contribution in [0.3, 0.4) is 0 Å². The highest BCUT2D eigenvalue weighted by atomic mass is 16.3. The monoisotopic (exact) mass is 247 g/mol. The highest BCUT2D eigenvalue weighted by Crippen LogP contribution is 2.47. The van der Waals surface area contributed by atoms with Gasteiger partial charge in [-0.1, -0.05) is 6.92 Å². The molecule has 1 aliphatic carbocycles. The van der Waals surface area contributed by atoms with Crippen LogP contribution >= 0.6 is 0 Å². The number of carbonyl (C=O) groups is 1. The van der Waals surface area contributed by atoms with Gasteiger partial charge >= 0.3 is 0 Å². The van der Waals surface area contributed by atoms with E-state index in [2.05, 4.69) is 6.92 Å². The highest BCUT2D eigenvalue weighted by Gasteiger charge is 2.36. The van der Waals surface area contributed by atoms with Crippen molar-refractivity contribution in [2.24, 2.45) is 5.92 Å². The predicted molar refractivity (Wildman–Crippen MR) is 66.9 cm³/mol. The predicted octanol–water partition coefficient (Wildman–Crippen LogP) is 1.62. The third-order valence-electron chi connectivity index (χ3n) is 3.69. The molecule has 96 valence electrons. The second kappa shape index (κ2) is 4.28. The number of β-amino-alcohol motifs (C(OH)–C–C–N with tert-alkyl or cyclic N) is 1. The lowest BCUT2D eigenvalue weighted by Gasteiger charge is -2.34. The summed E-state index contributed by atoms with van der Waals surface area (Å²) in [6.07, 6.45) is 4.05. The van der Waals surface area contributed by atoms with Gasteiger partial charge in [0.05, 0.1) is 6.10 Å². The summed E-state index contributed by atoms with van der Waals surface area (Å²) in [5.41, 5.74) is 0. The number of furan rings is 1. The summed E-state index contributed by atoms with van der Waals surface area (Å²) in [5, 5.41) is 9.11. The van der Waals surface area contributed by atoms with Crippen LogP contribution in [0.2, 0.25) is 0 Å². The molecule has 18 heavy (non-hydrogen) atoms. The van der Waals surface area contributed by atoms with E-state index in [1.165, 1.54) is 12.5 Å². The third-order valence-corrected chi connectivity index (χ3v) is 3.69. The highest BCUT2D eigenvalue weighted by molar-refractivity contribution is 5.92. The zero-order chi connectivity index (χ0) is 12.7. The smallest absolute Gasteiger partial charge is 0.246 e. The fraction of sp³-hybridized carbons (Fsp3) is 0.500. The molecule has 2 unspecified atom stereocenters. The molecule has 1 amide bonds. The van der Waals surface area contributed by atoms with Gasteiger partial charge in [0.15, 0.2) is 0 Å². The molecule has 1 aromatic rings.